The number of carboxylic acids is 1. The molecule has 0 fully saturated rings. The molecule has 0 bridgehead atoms. The zero-order valence-electron chi connectivity index (χ0n) is 9.18. The maximum Gasteiger partial charge on any atom is 0.303 e. The fourth-order valence-electron chi connectivity index (χ4n) is 1.45. The van der Waals surface area contributed by atoms with E-state index < -0.39 is 5.97 Å². The molecule has 4 heteroatoms. The number of carboxylic acid groups (broad SMARTS) is 1. The van der Waals surface area contributed by atoms with E-state index in [4.69, 9.17) is 5.11 Å². The Morgan fingerprint density at radius 3 is 1.67 bits per heavy atom. The van der Waals surface area contributed by atoms with Crippen LogP contribution in [0.25, 0.3) is 0 Å². The number of carbonyl (C=O) groups is 1. The second kappa shape index (κ2) is 14.6. The number of thiol groups is 1. The molecule has 0 aromatic heterocycles. The van der Waals surface area contributed by atoms with Crippen molar-refractivity contribution in [2.24, 2.45) is 0 Å². The van der Waals surface area contributed by atoms with Gasteiger partial charge in [0.15, 0.2) is 0 Å². The van der Waals surface area contributed by atoms with Gasteiger partial charge in [-0.05, 0) is 18.6 Å². The molecule has 0 aliphatic carbocycles. The quantitative estimate of drug-likeness (QED) is 0.326. The Labute approximate surface area is 114 Å². The molecule has 0 rings (SSSR count). The van der Waals surface area contributed by atoms with Crippen molar-refractivity contribution in [3.8, 4) is 0 Å². The summed E-state index contributed by atoms with van der Waals surface area (Å²) < 4.78 is 0. The van der Waals surface area contributed by atoms with Gasteiger partial charge in [0.05, 0.1) is 0 Å². The summed E-state index contributed by atoms with van der Waals surface area (Å²) in [5, 5.41) is 8.41. The Kier molecular flexibility index (Phi) is 17.4. The molecule has 2 nitrogen and oxygen atoms in total. The minimum absolute atomic E-state index is 0. The minimum Gasteiger partial charge on any atom is -0.481 e. The first kappa shape index (κ1) is 17.9. The molecule has 15 heavy (non-hydrogen) atoms. The predicted octanol–water partition coefficient (Wildman–Crippen LogP) is 3.51. The van der Waals surface area contributed by atoms with Crippen LogP contribution in [0.5, 0.6) is 0 Å². The third-order valence-electron chi connectivity index (χ3n) is 2.30. The van der Waals surface area contributed by atoms with E-state index in [9.17, 15) is 4.79 Å². The van der Waals surface area contributed by atoms with Gasteiger partial charge in [-0.1, -0.05) is 38.5 Å². The average molecular weight is 415 g/mol. The van der Waals surface area contributed by atoms with Gasteiger partial charge in [0.2, 0.25) is 0 Å². The standard InChI is InChI=1S/C11H22O2S.Au/c12-11(13)9-7-5-3-1-2-4-6-8-10-14;/h14H,1-10H2,(H,12,13);. The maximum absolute atomic E-state index is 10.2. The van der Waals surface area contributed by atoms with Gasteiger partial charge in [-0.3, -0.25) is 4.79 Å². The molecular weight excluding hydrogens is 393 g/mol. The molecule has 0 aliphatic rings. The van der Waals surface area contributed by atoms with E-state index >= 15 is 0 Å². The minimum atomic E-state index is -0.668. The average Bonchev–Trinajstić information content (AvgIpc) is 2.15. The number of rotatable bonds is 10. The second-order valence-corrected chi connectivity index (χ2v) is 4.14. The van der Waals surface area contributed by atoms with E-state index in [1.54, 1.807) is 0 Å². The molecule has 0 amide bonds. The normalized spacial score (nSPS) is 9.67. The zero-order chi connectivity index (χ0) is 10.6. The van der Waals surface area contributed by atoms with Crippen molar-refractivity contribution in [3.63, 3.8) is 0 Å². The molecule has 0 spiro atoms. The summed E-state index contributed by atoms with van der Waals surface area (Å²) in [5.41, 5.74) is 0. The Bertz CT molecular complexity index is 143. The summed E-state index contributed by atoms with van der Waals surface area (Å²) in [6, 6.07) is 0. The van der Waals surface area contributed by atoms with Gasteiger partial charge in [-0.25, -0.2) is 0 Å². The van der Waals surface area contributed by atoms with Crippen molar-refractivity contribution in [2.75, 3.05) is 5.75 Å². The van der Waals surface area contributed by atoms with Crippen molar-refractivity contribution in [1.29, 1.82) is 0 Å². The monoisotopic (exact) mass is 415 g/mol. The first-order valence-corrected chi connectivity index (χ1v) is 6.23. The summed E-state index contributed by atoms with van der Waals surface area (Å²) in [7, 11) is 0. The van der Waals surface area contributed by atoms with Gasteiger partial charge in [0.25, 0.3) is 0 Å². The number of hydrogen-bond acceptors (Lipinski definition) is 2. The van der Waals surface area contributed by atoms with Gasteiger partial charge in [-0.2, -0.15) is 12.6 Å². The SMILES string of the molecule is O=C(O)CCCCCCCCCCS.[Au]. The molecule has 0 atom stereocenters. The van der Waals surface area contributed by atoms with Crippen molar-refractivity contribution in [2.45, 2.75) is 57.8 Å². The smallest absolute Gasteiger partial charge is 0.303 e. The third kappa shape index (κ3) is 17.2. The van der Waals surface area contributed by atoms with Gasteiger partial charge in [0.1, 0.15) is 0 Å². The number of unbranched alkanes of at least 4 members (excludes halogenated alkanes) is 7. The molecule has 0 aromatic rings. The molecule has 1 N–H and O–H groups in total. The molecule has 0 aliphatic heterocycles. The van der Waals surface area contributed by atoms with E-state index in [1.165, 1.54) is 38.5 Å². The molecule has 0 saturated heterocycles. The van der Waals surface area contributed by atoms with E-state index in [0.717, 1.165) is 18.6 Å². The fourth-order valence-corrected chi connectivity index (χ4v) is 1.67. The molecule has 0 unspecified atom stereocenters. The van der Waals surface area contributed by atoms with Gasteiger partial charge in [0, 0.05) is 28.8 Å². The Balaban J connectivity index is 0. The first-order chi connectivity index (χ1) is 6.77. The van der Waals surface area contributed by atoms with E-state index in [2.05, 4.69) is 12.6 Å². The maximum atomic E-state index is 10.2. The van der Waals surface area contributed by atoms with Crippen molar-refractivity contribution >= 4 is 18.6 Å². The van der Waals surface area contributed by atoms with Crippen LogP contribution in [0, 0.1) is 0 Å². The van der Waals surface area contributed by atoms with Crippen LogP contribution in [0.1, 0.15) is 57.8 Å². The van der Waals surface area contributed by atoms with Crippen LogP contribution in [0.4, 0.5) is 0 Å². The van der Waals surface area contributed by atoms with Crippen molar-refractivity contribution < 1.29 is 32.3 Å². The molecule has 0 heterocycles. The van der Waals surface area contributed by atoms with Crippen LogP contribution in [0.3, 0.4) is 0 Å². The first-order valence-electron chi connectivity index (χ1n) is 5.60. The second-order valence-electron chi connectivity index (χ2n) is 3.70. The summed E-state index contributed by atoms with van der Waals surface area (Å²) in [6.07, 6.45) is 9.80. The summed E-state index contributed by atoms with van der Waals surface area (Å²) in [6.45, 7) is 0. The van der Waals surface area contributed by atoms with E-state index in [1.807, 2.05) is 0 Å². The molecule has 0 saturated carbocycles. The van der Waals surface area contributed by atoms with Gasteiger partial charge in [-0.15, -0.1) is 0 Å². The van der Waals surface area contributed by atoms with Crippen LogP contribution in [-0.4, -0.2) is 16.8 Å². The molecular formula is C11H22AuO2S. The topological polar surface area (TPSA) is 37.3 Å². The van der Waals surface area contributed by atoms with Gasteiger partial charge >= 0.3 is 5.97 Å². The number of aliphatic carboxylic acids is 1. The van der Waals surface area contributed by atoms with E-state index in [0.29, 0.717) is 6.42 Å². The zero-order valence-corrected chi connectivity index (χ0v) is 12.2. The number of hydrogen-bond donors (Lipinski definition) is 2. The van der Waals surface area contributed by atoms with Crippen LogP contribution in [0.15, 0.2) is 0 Å². The summed E-state index contributed by atoms with van der Waals surface area (Å²) in [5.74, 6) is 0.331. The van der Waals surface area contributed by atoms with Crippen LogP contribution < -0.4 is 0 Å². The van der Waals surface area contributed by atoms with E-state index in [-0.39, 0.29) is 22.4 Å². The Morgan fingerprint density at radius 1 is 0.867 bits per heavy atom. The van der Waals surface area contributed by atoms with Crippen LogP contribution >= 0.6 is 12.6 Å². The predicted molar refractivity (Wildman–Crippen MR) is 63.0 cm³/mol. The fraction of sp³-hybridized carbons (Fsp3) is 0.909. The molecule has 95 valence electrons. The Morgan fingerprint density at radius 2 is 1.27 bits per heavy atom. The molecule has 1 radical (unpaired) electrons. The third-order valence-corrected chi connectivity index (χ3v) is 2.61. The van der Waals surface area contributed by atoms with Gasteiger partial charge < -0.3 is 5.11 Å². The van der Waals surface area contributed by atoms with Crippen LogP contribution in [-0.2, 0) is 27.2 Å². The van der Waals surface area contributed by atoms with Crippen molar-refractivity contribution in [3.05, 3.63) is 0 Å². The summed E-state index contributed by atoms with van der Waals surface area (Å²) in [4.78, 5) is 10.2. The van der Waals surface area contributed by atoms with Crippen LogP contribution in [0.2, 0.25) is 0 Å². The summed E-state index contributed by atoms with van der Waals surface area (Å²) >= 11 is 4.16. The largest absolute Gasteiger partial charge is 0.481 e. The van der Waals surface area contributed by atoms with Crippen molar-refractivity contribution in [1.82, 2.24) is 0 Å². The molecule has 0 aromatic carbocycles. The Hall–Kier alpha value is 0.560.